The van der Waals surface area contributed by atoms with Crippen LogP contribution in [-0.4, -0.2) is 21.6 Å². The van der Waals surface area contributed by atoms with Gasteiger partial charge in [-0.2, -0.15) is 15.0 Å². The maximum absolute atomic E-state index is 5.34. The third-order valence-electron chi connectivity index (χ3n) is 2.45. The van der Waals surface area contributed by atoms with Gasteiger partial charge in [0, 0.05) is 5.75 Å². The summed E-state index contributed by atoms with van der Waals surface area (Å²) in [6, 6.07) is 8.60. The summed E-state index contributed by atoms with van der Waals surface area (Å²) < 4.78 is 5.29. The monoisotopic (exact) mass is 291 g/mol. The molecule has 2 rings (SSSR count). The van der Waals surface area contributed by atoms with Crippen molar-refractivity contribution in [3.63, 3.8) is 0 Å². The van der Waals surface area contributed by atoms with Crippen LogP contribution in [0.2, 0.25) is 0 Å². The first kappa shape index (κ1) is 14.5. The zero-order valence-corrected chi connectivity index (χ0v) is 12.3. The number of nitrogen functional groups attached to an aromatic ring is 1. The van der Waals surface area contributed by atoms with Crippen LogP contribution >= 0.6 is 11.8 Å². The summed E-state index contributed by atoms with van der Waals surface area (Å²) in [4.78, 5) is 12.4. The summed E-state index contributed by atoms with van der Waals surface area (Å²) in [5, 5.41) is 0.581. The first-order chi connectivity index (χ1) is 9.71. The molecule has 106 valence electrons. The number of aryl methyl sites for hydroxylation is 1. The molecule has 0 atom stereocenters. The number of anilines is 1. The predicted molar refractivity (Wildman–Crippen MR) is 79.5 cm³/mol. The standard InChI is InChI=1S/C13H17N5OS/c1-3-19-12-15-11(18-14)16-13(17-12)20-8-10-6-4-5-9(2)7-10/h4-7H,3,8,14H2,1-2H3,(H,15,16,17,18). The first-order valence-electron chi connectivity index (χ1n) is 6.25. The first-order valence-corrected chi connectivity index (χ1v) is 7.23. The summed E-state index contributed by atoms with van der Waals surface area (Å²) in [5.74, 6) is 6.42. The van der Waals surface area contributed by atoms with Crippen molar-refractivity contribution in [2.24, 2.45) is 5.84 Å². The molecule has 0 unspecified atom stereocenters. The van der Waals surface area contributed by atoms with Crippen molar-refractivity contribution in [3.8, 4) is 6.01 Å². The molecule has 6 nitrogen and oxygen atoms in total. The van der Waals surface area contributed by atoms with Gasteiger partial charge < -0.3 is 4.74 Å². The Bertz CT molecular complexity index is 578. The molecule has 7 heteroatoms. The predicted octanol–water partition coefficient (Wildman–Crippen LogP) is 2.16. The molecule has 0 aliphatic rings. The number of benzene rings is 1. The molecule has 2 aromatic rings. The van der Waals surface area contributed by atoms with Gasteiger partial charge in [-0.1, -0.05) is 41.6 Å². The fourth-order valence-electron chi connectivity index (χ4n) is 1.61. The molecule has 20 heavy (non-hydrogen) atoms. The Labute approximate surface area is 122 Å². The Kier molecular flexibility index (Phi) is 5.14. The average Bonchev–Trinajstić information content (AvgIpc) is 2.45. The number of hydrazine groups is 1. The van der Waals surface area contributed by atoms with Crippen LogP contribution in [0.4, 0.5) is 5.95 Å². The minimum atomic E-state index is 0.280. The van der Waals surface area contributed by atoms with Crippen molar-refractivity contribution in [1.82, 2.24) is 15.0 Å². The van der Waals surface area contributed by atoms with Crippen LogP contribution in [0.1, 0.15) is 18.1 Å². The third kappa shape index (κ3) is 4.07. The number of aromatic nitrogens is 3. The molecule has 0 saturated carbocycles. The smallest absolute Gasteiger partial charge is 0.322 e. The second-order valence-corrected chi connectivity index (χ2v) is 5.02. The zero-order valence-electron chi connectivity index (χ0n) is 11.5. The summed E-state index contributed by atoms with van der Waals surface area (Å²) in [6.07, 6.45) is 0. The van der Waals surface area contributed by atoms with E-state index in [0.717, 1.165) is 5.75 Å². The van der Waals surface area contributed by atoms with Gasteiger partial charge in [-0.25, -0.2) is 5.84 Å². The van der Waals surface area contributed by atoms with E-state index in [-0.39, 0.29) is 6.01 Å². The van der Waals surface area contributed by atoms with Crippen LogP contribution in [0.5, 0.6) is 6.01 Å². The van der Waals surface area contributed by atoms with Gasteiger partial charge in [0.05, 0.1) is 6.61 Å². The van der Waals surface area contributed by atoms with Gasteiger partial charge in [-0.05, 0) is 19.4 Å². The second kappa shape index (κ2) is 7.06. The van der Waals surface area contributed by atoms with E-state index < -0.39 is 0 Å². The van der Waals surface area contributed by atoms with Crippen LogP contribution in [0.3, 0.4) is 0 Å². The van der Waals surface area contributed by atoms with Crippen LogP contribution in [-0.2, 0) is 5.75 Å². The molecule has 1 aromatic heterocycles. The maximum Gasteiger partial charge on any atom is 0.322 e. The molecule has 0 bridgehead atoms. The lowest BCUT2D eigenvalue weighted by molar-refractivity contribution is 0.308. The SMILES string of the molecule is CCOc1nc(NN)nc(SCc2cccc(C)c2)n1. The van der Waals surface area contributed by atoms with Crippen molar-refractivity contribution >= 4 is 17.7 Å². The number of rotatable bonds is 6. The molecular weight excluding hydrogens is 274 g/mol. The van der Waals surface area contributed by atoms with E-state index in [1.54, 1.807) is 0 Å². The number of hydrogen-bond donors (Lipinski definition) is 2. The van der Waals surface area contributed by atoms with Crippen LogP contribution in [0, 0.1) is 6.92 Å². The van der Waals surface area contributed by atoms with Crippen molar-refractivity contribution in [3.05, 3.63) is 35.4 Å². The summed E-state index contributed by atoms with van der Waals surface area (Å²) >= 11 is 1.51. The van der Waals surface area contributed by atoms with E-state index in [0.29, 0.717) is 17.7 Å². The zero-order chi connectivity index (χ0) is 14.4. The fourth-order valence-corrected chi connectivity index (χ4v) is 2.38. The van der Waals surface area contributed by atoms with Crippen molar-refractivity contribution in [1.29, 1.82) is 0 Å². The van der Waals surface area contributed by atoms with Gasteiger partial charge in [0.15, 0.2) is 5.16 Å². The highest BCUT2D eigenvalue weighted by Crippen LogP contribution is 2.22. The number of ether oxygens (including phenoxy) is 1. The van der Waals surface area contributed by atoms with Gasteiger partial charge in [0.2, 0.25) is 5.95 Å². The topological polar surface area (TPSA) is 86.0 Å². The van der Waals surface area contributed by atoms with Crippen molar-refractivity contribution in [2.75, 3.05) is 12.0 Å². The molecule has 3 N–H and O–H groups in total. The van der Waals surface area contributed by atoms with E-state index in [9.17, 15) is 0 Å². The second-order valence-electron chi connectivity index (χ2n) is 4.08. The Morgan fingerprint density at radius 2 is 2.15 bits per heavy atom. The molecule has 0 saturated heterocycles. The van der Waals surface area contributed by atoms with Gasteiger partial charge in [-0.3, -0.25) is 5.43 Å². The molecule has 0 radical (unpaired) electrons. The largest absolute Gasteiger partial charge is 0.464 e. The van der Waals surface area contributed by atoms with E-state index in [2.05, 4.69) is 45.5 Å². The lowest BCUT2D eigenvalue weighted by Crippen LogP contribution is -2.12. The molecule has 1 aromatic carbocycles. The van der Waals surface area contributed by atoms with Gasteiger partial charge in [0.25, 0.3) is 0 Å². The molecular formula is C13H17N5OS. The van der Waals surface area contributed by atoms with E-state index in [1.165, 1.54) is 22.9 Å². The fraction of sp³-hybridized carbons (Fsp3) is 0.308. The minimum Gasteiger partial charge on any atom is -0.464 e. The molecule has 1 heterocycles. The number of nitrogens with two attached hydrogens (primary N) is 1. The Morgan fingerprint density at radius 3 is 2.85 bits per heavy atom. The van der Waals surface area contributed by atoms with Gasteiger partial charge in [0.1, 0.15) is 0 Å². The number of nitrogens with one attached hydrogen (secondary N) is 1. The van der Waals surface area contributed by atoms with Crippen molar-refractivity contribution in [2.45, 2.75) is 24.8 Å². The van der Waals surface area contributed by atoms with Crippen LogP contribution < -0.4 is 16.0 Å². The molecule has 0 fully saturated rings. The molecule has 0 spiro atoms. The maximum atomic E-state index is 5.34. The summed E-state index contributed by atoms with van der Waals surface area (Å²) in [5.41, 5.74) is 4.87. The Hall–Kier alpha value is -1.86. The van der Waals surface area contributed by atoms with E-state index >= 15 is 0 Å². The highest BCUT2D eigenvalue weighted by Gasteiger charge is 2.07. The van der Waals surface area contributed by atoms with Crippen LogP contribution in [0.15, 0.2) is 29.4 Å². The molecule has 0 aliphatic carbocycles. The highest BCUT2D eigenvalue weighted by molar-refractivity contribution is 7.98. The summed E-state index contributed by atoms with van der Waals surface area (Å²) in [6.45, 7) is 4.44. The number of nitrogens with zero attached hydrogens (tertiary/aromatic N) is 3. The highest BCUT2D eigenvalue weighted by atomic mass is 32.2. The lowest BCUT2D eigenvalue weighted by Gasteiger charge is -2.06. The third-order valence-corrected chi connectivity index (χ3v) is 3.37. The molecule has 0 aliphatic heterocycles. The quantitative estimate of drug-likeness (QED) is 0.479. The van der Waals surface area contributed by atoms with Gasteiger partial charge in [-0.15, -0.1) is 0 Å². The molecule has 0 amide bonds. The average molecular weight is 291 g/mol. The van der Waals surface area contributed by atoms with E-state index in [4.69, 9.17) is 10.6 Å². The van der Waals surface area contributed by atoms with E-state index in [1.807, 2.05) is 13.0 Å². The van der Waals surface area contributed by atoms with Gasteiger partial charge >= 0.3 is 6.01 Å². The van der Waals surface area contributed by atoms with Crippen LogP contribution in [0.25, 0.3) is 0 Å². The Balaban J connectivity index is 2.10. The number of thioether (sulfide) groups is 1. The van der Waals surface area contributed by atoms with Crippen molar-refractivity contribution < 1.29 is 4.74 Å². The summed E-state index contributed by atoms with van der Waals surface area (Å²) in [7, 11) is 0. The minimum absolute atomic E-state index is 0.280. The lowest BCUT2D eigenvalue weighted by atomic mass is 10.2. The normalized spacial score (nSPS) is 10.3. The number of hydrogen-bond acceptors (Lipinski definition) is 7. The Morgan fingerprint density at radius 1 is 1.30 bits per heavy atom.